The number of likely N-dealkylation sites (N-methyl/N-ethyl adjacent to an activating group) is 1. The smallest absolute Gasteiger partial charge is 0.355 e. The SMILES string of the molecule is COc1ccc2sc(Nc3nnc4c(c3C)CCCN4c3ccc(/C(=C/N)C(C)=NCC45CC6(C)CC7(OCCN(C)C)CC(C)(C4)C67C5)c(C(=O)O)n3)nc2c1. The van der Waals surface area contributed by atoms with Crippen LogP contribution in [0.25, 0.3) is 15.8 Å². The molecule has 9 rings (SSSR count). The van der Waals surface area contributed by atoms with E-state index >= 15 is 0 Å². The lowest BCUT2D eigenvalue weighted by molar-refractivity contribution is -0.396. The van der Waals surface area contributed by atoms with Gasteiger partial charge in [0, 0.05) is 65.3 Å². The molecule has 2 bridgehead atoms. The third-order valence-electron chi connectivity index (χ3n) is 14.3. The summed E-state index contributed by atoms with van der Waals surface area (Å²) in [6.07, 6.45) is 8.83. The molecule has 4 aromatic rings. The van der Waals surface area contributed by atoms with Gasteiger partial charge in [0.05, 0.1) is 29.5 Å². The van der Waals surface area contributed by atoms with Gasteiger partial charge in [-0.1, -0.05) is 25.2 Å². The maximum absolute atomic E-state index is 12.9. The molecule has 57 heavy (non-hydrogen) atoms. The van der Waals surface area contributed by atoms with Gasteiger partial charge in [0.25, 0.3) is 0 Å². The largest absolute Gasteiger partial charge is 0.497 e. The Morgan fingerprint density at radius 3 is 2.58 bits per heavy atom. The van der Waals surface area contributed by atoms with Crippen molar-refractivity contribution in [2.45, 2.75) is 78.2 Å². The third-order valence-corrected chi connectivity index (χ3v) is 15.3. The van der Waals surface area contributed by atoms with Gasteiger partial charge in [0.2, 0.25) is 0 Å². The summed E-state index contributed by atoms with van der Waals surface area (Å²) >= 11 is 1.54. The van der Waals surface area contributed by atoms with Gasteiger partial charge in [-0.3, -0.25) is 4.99 Å². The lowest BCUT2D eigenvalue weighted by Gasteiger charge is -2.82. The molecule has 0 saturated heterocycles. The molecule has 2 atom stereocenters. The number of aromatic carboxylic acids is 1. The molecule has 4 N–H and O–H groups in total. The number of pyridine rings is 1. The first-order valence-electron chi connectivity index (χ1n) is 20.0. The summed E-state index contributed by atoms with van der Waals surface area (Å²) < 4.78 is 13.2. The Hall–Kier alpha value is -4.66. The second-order valence-corrected chi connectivity index (χ2v) is 19.1. The average Bonchev–Trinajstić information content (AvgIpc) is 3.77. The number of carbonyl (C=O) groups is 1. The maximum Gasteiger partial charge on any atom is 0.355 e. The van der Waals surface area contributed by atoms with Gasteiger partial charge in [-0.05, 0) is 113 Å². The summed E-state index contributed by atoms with van der Waals surface area (Å²) in [5, 5.41) is 23.8. The summed E-state index contributed by atoms with van der Waals surface area (Å²) in [6.45, 7) is 12.0. The number of carboxylic acid groups (broad SMARTS) is 1. The molecule has 1 spiro atoms. The first kappa shape index (κ1) is 37.9. The molecule has 4 fully saturated rings. The van der Waals surface area contributed by atoms with Crippen LogP contribution >= 0.6 is 11.3 Å². The second-order valence-electron chi connectivity index (χ2n) is 18.1. The van der Waals surface area contributed by atoms with Gasteiger partial charge in [-0.25, -0.2) is 14.8 Å². The lowest BCUT2D eigenvalue weighted by atomic mass is 9.25. The van der Waals surface area contributed by atoms with Crippen molar-refractivity contribution in [3.8, 4) is 5.75 Å². The van der Waals surface area contributed by atoms with Crippen molar-refractivity contribution in [2.24, 2.45) is 32.4 Å². The van der Waals surface area contributed by atoms with Gasteiger partial charge in [0.15, 0.2) is 22.5 Å². The van der Waals surface area contributed by atoms with Crippen molar-refractivity contribution >= 4 is 61.4 Å². The van der Waals surface area contributed by atoms with Crippen molar-refractivity contribution in [2.75, 3.05) is 57.7 Å². The van der Waals surface area contributed by atoms with E-state index in [0.29, 0.717) is 46.8 Å². The number of carboxylic acids is 1. The van der Waals surface area contributed by atoms with E-state index in [1.54, 1.807) is 13.2 Å². The van der Waals surface area contributed by atoms with Gasteiger partial charge in [0.1, 0.15) is 11.6 Å². The van der Waals surface area contributed by atoms with Crippen molar-refractivity contribution in [3.63, 3.8) is 0 Å². The number of nitrogens with zero attached hydrogens (tertiary/aromatic N) is 7. The molecule has 13 nitrogen and oxygen atoms in total. The Labute approximate surface area is 337 Å². The number of hydrogen-bond acceptors (Lipinski definition) is 13. The Morgan fingerprint density at radius 2 is 1.88 bits per heavy atom. The standard InChI is InChI=1S/C43H53N9O4S/c1-25-28-9-8-14-52(36(28)50-49-35(25)48-38-46-31-17-27(55-7)10-12-32(31)57-38)33-13-11-29(34(47-33)37(53)54)30(18-44)26(2)45-24-41-19-39(3)21-42(56-16-15-51(5)6)22-40(4,20-41)43(39,42)23-41/h10-13,17-18H,8-9,14-16,19-24,44H2,1-7H3,(H,53,54)(H,46,48,49)/b30-18+,45-26?. The summed E-state index contributed by atoms with van der Waals surface area (Å²) in [6, 6.07) is 9.48. The highest BCUT2D eigenvalue weighted by atomic mass is 32.1. The molecule has 5 aliphatic rings. The molecule has 1 aromatic carbocycles. The molecule has 3 aromatic heterocycles. The Morgan fingerprint density at radius 1 is 1.11 bits per heavy atom. The van der Waals surface area contributed by atoms with Crippen LogP contribution in [0.5, 0.6) is 5.75 Å². The fourth-order valence-corrected chi connectivity index (χ4v) is 13.5. The highest BCUT2D eigenvalue weighted by molar-refractivity contribution is 7.22. The summed E-state index contributed by atoms with van der Waals surface area (Å²) in [5.41, 5.74) is 11.7. The number of ether oxygens (including phenoxy) is 2. The van der Waals surface area contributed by atoms with Gasteiger partial charge < -0.3 is 35.4 Å². The molecule has 14 heteroatoms. The van der Waals surface area contributed by atoms with E-state index in [9.17, 15) is 9.90 Å². The number of aromatic nitrogens is 4. The number of thiazole rings is 1. The van der Waals surface area contributed by atoms with Gasteiger partial charge >= 0.3 is 5.97 Å². The van der Waals surface area contributed by atoms with Crippen LogP contribution in [-0.2, 0) is 11.2 Å². The molecule has 4 aliphatic carbocycles. The van der Waals surface area contributed by atoms with E-state index < -0.39 is 5.97 Å². The van der Waals surface area contributed by atoms with E-state index in [4.69, 9.17) is 30.2 Å². The number of aliphatic imine (C=N–C) groups is 1. The van der Waals surface area contributed by atoms with Crippen molar-refractivity contribution in [3.05, 3.63) is 58.9 Å². The van der Waals surface area contributed by atoms with Crippen LogP contribution in [0.4, 0.5) is 22.6 Å². The summed E-state index contributed by atoms with van der Waals surface area (Å²) in [4.78, 5) is 31.7. The predicted molar refractivity (Wildman–Crippen MR) is 224 cm³/mol. The number of methoxy groups -OCH3 is 1. The predicted octanol–water partition coefficient (Wildman–Crippen LogP) is 7.39. The van der Waals surface area contributed by atoms with E-state index in [-0.39, 0.29) is 33.0 Å². The van der Waals surface area contributed by atoms with E-state index in [1.807, 2.05) is 43.0 Å². The molecule has 2 unspecified atom stereocenters. The molecule has 1 aliphatic heterocycles. The normalized spacial score (nSPS) is 29.9. The van der Waals surface area contributed by atoms with Crippen molar-refractivity contribution in [1.82, 2.24) is 25.1 Å². The number of benzene rings is 1. The molecule has 4 saturated carbocycles. The van der Waals surface area contributed by atoms with E-state index in [1.165, 1.54) is 17.5 Å². The van der Waals surface area contributed by atoms with Crippen LogP contribution in [0.2, 0.25) is 0 Å². The molecule has 4 heterocycles. The fraction of sp³-hybridized carbons (Fsp3) is 0.535. The number of allylic oxidation sites excluding steroid dienone is 1. The van der Waals surface area contributed by atoms with Crippen LogP contribution in [0.15, 0.2) is 41.5 Å². The minimum absolute atomic E-state index is 0.000621. The number of anilines is 4. The van der Waals surface area contributed by atoms with Gasteiger partial charge in [-0.15, -0.1) is 10.2 Å². The topological polar surface area (TPSA) is 164 Å². The van der Waals surface area contributed by atoms with E-state index in [2.05, 4.69) is 48.4 Å². The molecule has 0 radical (unpaired) electrons. The number of rotatable bonds is 13. The van der Waals surface area contributed by atoms with Crippen LogP contribution < -0.4 is 20.7 Å². The zero-order valence-electron chi connectivity index (χ0n) is 34.0. The maximum atomic E-state index is 12.9. The molecular formula is C43H53N9O4S. The van der Waals surface area contributed by atoms with Crippen LogP contribution in [0, 0.1) is 28.6 Å². The highest BCUT2D eigenvalue weighted by Crippen LogP contribution is 2.95. The Bertz CT molecular complexity index is 2350. The highest BCUT2D eigenvalue weighted by Gasteiger charge is 2.93. The Kier molecular flexibility index (Phi) is 8.76. The number of nitrogens with two attached hydrogens (primary N) is 1. The van der Waals surface area contributed by atoms with Crippen molar-refractivity contribution < 1.29 is 19.4 Å². The van der Waals surface area contributed by atoms with Crippen LogP contribution in [0.3, 0.4) is 0 Å². The molecule has 300 valence electrons. The van der Waals surface area contributed by atoms with E-state index in [0.717, 1.165) is 90.9 Å². The van der Waals surface area contributed by atoms with Crippen LogP contribution in [-0.4, -0.2) is 94.9 Å². The average molecular weight is 792 g/mol. The first-order chi connectivity index (χ1) is 27.2. The first-order valence-corrected chi connectivity index (χ1v) is 20.8. The quantitative estimate of drug-likeness (QED) is 0.115. The monoisotopic (exact) mass is 791 g/mol. The molecule has 0 amide bonds. The minimum atomic E-state index is -1.13. The Balaban J connectivity index is 0.945. The van der Waals surface area contributed by atoms with Gasteiger partial charge in [-0.2, -0.15) is 0 Å². The zero-order valence-corrected chi connectivity index (χ0v) is 34.8. The number of fused-ring (bicyclic) bond motifs is 3. The van der Waals surface area contributed by atoms with Crippen LogP contribution in [0.1, 0.15) is 86.5 Å². The lowest BCUT2D eigenvalue weighted by Crippen LogP contribution is -2.82. The van der Waals surface area contributed by atoms with Crippen molar-refractivity contribution in [1.29, 1.82) is 0 Å². The minimum Gasteiger partial charge on any atom is -0.497 e. The zero-order chi connectivity index (χ0) is 40.1. The summed E-state index contributed by atoms with van der Waals surface area (Å²) in [5.74, 6) is 1.43. The third kappa shape index (κ3) is 5.53. The number of hydrogen-bond donors (Lipinski definition) is 3. The number of nitrogens with one attached hydrogen (secondary N) is 1. The second kappa shape index (κ2) is 13.2. The fourth-order valence-electron chi connectivity index (χ4n) is 12.6. The summed E-state index contributed by atoms with van der Waals surface area (Å²) in [7, 11) is 5.84. The molecular weight excluding hydrogens is 739 g/mol.